The first kappa shape index (κ1) is 11.6. The van der Waals surface area contributed by atoms with Crippen LogP contribution >= 0.6 is 0 Å². The Morgan fingerprint density at radius 2 is 2.07 bits per heavy atom. The van der Waals surface area contributed by atoms with Crippen LogP contribution in [0.3, 0.4) is 0 Å². The molecule has 0 saturated carbocycles. The molecule has 0 radical (unpaired) electrons. The number of rotatable bonds is 4. The maximum Gasteiger partial charge on any atom is 0.410 e. The Hall–Kier alpha value is -1.44. The fourth-order valence-electron chi connectivity index (χ4n) is 1.24. The number of halogens is 4. The third-order valence-corrected chi connectivity index (χ3v) is 1.89. The van der Waals surface area contributed by atoms with Gasteiger partial charge >= 0.3 is 18.9 Å². The third-order valence-electron chi connectivity index (χ3n) is 1.89. The maximum absolute atomic E-state index is 12.6. The van der Waals surface area contributed by atoms with E-state index in [1.807, 2.05) is 0 Å². The summed E-state index contributed by atoms with van der Waals surface area (Å²) in [6.45, 7) is -4.54. The molecule has 1 atom stereocenters. The summed E-state index contributed by atoms with van der Waals surface area (Å²) < 4.78 is 48.0. The highest BCUT2D eigenvalue weighted by molar-refractivity contribution is 5.74. The molecule has 0 aromatic heterocycles. The zero-order valence-corrected chi connectivity index (χ0v) is 7.28. The minimum atomic E-state index is -3.33. The molecule has 1 N–H and O–H groups in total. The number of nitrogens with zero attached hydrogens (tertiary/aromatic N) is 2. The lowest BCUT2D eigenvalue weighted by Gasteiger charge is -2.27. The van der Waals surface area contributed by atoms with Gasteiger partial charge in [0.2, 0.25) is 12.2 Å². The second-order valence-corrected chi connectivity index (χ2v) is 2.81. The fourth-order valence-corrected chi connectivity index (χ4v) is 1.24. The van der Waals surface area contributed by atoms with E-state index in [-0.39, 0.29) is 0 Å². The molecule has 4 nitrogen and oxygen atoms in total. The molecule has 1 rings (SSSR count). The Kier molecular flexibility index (Phi) is 3.08. The van der Waals surface area contributed by atoms with Crippen LogP contribution in [-0.4, -0.2) is 41.4 Å². The van der Waals surface area contributed by atoms with Crippen molar-refractivity contribution in [1.82, 2.24) is 0 Å². The zero-order valence-electron chi connectivity index (χ0n) is 7.28. The van der Waals surface area contributed by atoms with E-state index >= 15 is 0 Å². The molecule has 0 aromatic rings. The van der Waals surface area contributed by atoms with Crippen molar-refractivity contribution in [2.75, 3.05) is 6.54 Å². The van der Waals surface area contributed by atoms with Crippen LogP contribution in [0, 0.1) is 0 Å². The van der Waals surface area contributed by atoms with Crippen LogP contribution in [0.4, 0.5) is 17.6 Å². The first-order valence-electron chi connectivity index (χ1n) is 3.82. The van der Waals surface area contributed by atoms with Crippen LogP contribution in [0.15, 0.2) is 16.9 Å². The van der Waals surface area contributed by atoms with Gasteiger partial charge in [0, 0.05) is 6.08 Å². The van der Waals surface area contributed by atoms with Gasteiger partial charge in [-0.3, -0.25) is 0 Å². The molecule has 0 saturated heterocycles. The summed E-state index contributed by atoms with van der Waals surface area (Å²) in [5, 5.41) is 11.5. The lowest BCUT2D eigenvalue weighted by molar-refractivity contribution is -0.947. The topological polar surface area (TPSA) is 49.7 Å². The third kappa shape index (κ3) is 1.99. The molecule has 1 unspecified atom stereocenters. The smallest absolute Gasteiger partial charge is 0.410 e. The second kappa shape index (κ2) is 3.97. The Morgan fingerprint density at radius 3 is 2.47 bits per heavy atom. The fraction of sp³-hybridized carbons (Fsp3) is 0.429. The molecule has 84 valence electrons. The average molecular weight is 227 g/mol. The SMILES string of the molecule is O=C(O)C[N+]1(C(F)F)N=CC=C1C(F)F. The minimum Gasteiger partial charge on any atom is -0.477 e. The number of aliphatic carboxylic acids is 1. The van der Waals surface area contributed by atoms with Gasteiger partial charge in [-0.25, -0.2) is 4.79 Å². The van der Waals surface area contributed by atoms with Gasteiger partial charge < -0.3 is 5.11 Å². The molecule has 0 bridgehead atoms. The van der Waals surface area contributed by atoms with Gasteiger partial charge in [0.05, 0.1) is 6.21 Å². The number of hydrogen-bond acceptors (Lipinski definition) is 2. The predicted octanol–water partition coefficient (Wildman–Crippen LogP) is 1.26. The van der Waals surface area contributed by atoms with Crippen LogP contribution in [0.1, 0.15) is 0 Å². The van der Waals surface area contributed by atoms with Crippen LogP contribution in [-0.2, 0) is 4.79 Å². The number of carboxylic acid groups (broad SMARTS) is 1. The van der Waals surface area contributed by atoms with Crippen LogP contribution in [0.5, 0.6) is 0 Å². The van der Waals surface area contributed by atoms with Gasteiger partial charge in [-0.1, -0.05) is 9.69 Å². The maximum atomic E-state index is 12.6. The standard InChI is InChI=1S/C7H6F4N2O2/c8-6(9)4-1-2-12-13(4,7(10)11)3-5(14)15/h1-2,6-7H,3H2/p+1. The normalized spacial score (nSPS) is 25.1. The summed E-state index contributed by atoms with van der Waals surface area (Å²) >= 11 is 0. The molecule has 0 amide bonds. The largest absolute Gasteiger partial charge is 0.477 e. The van der Waals surface area contributed by atoms with Crippen molar-refractivity contribution in [3.63, 3.8) is 0 Å². The van der Waals surface area contributed by atoms with Gasteiger partial charge in [0.25, 0.3) is 0 Å². The molecular weight excluding hydrogens is 220 g/mol. The van der Waals surface area contributed by atoms with Crippen molar-refractivity contribution in [3.8, 4) is 0 Å². The number of hydrogen-bond donors (Lipinski definition) is 1. The molecule has 0 aromatic carbocycles. The molecular formula is C7H7F4N2O2+. The number of quaternary nitrogens is 1. The van der Waals surface area contributed by atoms with E-state index in [2.05, 4.69) is 5.10 Å². The molecule has 0 spiro atoms. The van der Waals surface area contributed by atoms with Crippen molar-refractivity contribution in [2.24, 2.45) is 5.10 Å². The first-order chi connectivity index (χ1) is 6.90. The summed E-state index contributed by atoms with van der Waals surface area (Å²) in [5.74, 6) is -1.62. The zero-order chi connectivity index (χ0) is 11.6. The molecule has 0 aliphatic carbocycles. The van der Waals surface area contributed by atoms with E-state index in [9.17, 15) is 22.4 Å². The van der Waals surface area contributed by atoms with Crippen LogP contribution in [0.2, 0.25) is 0 Å². The van der Waals surface area contributed by atoms with E-state index in [0.717, 1.165) is 6.21 Å². The predicted molar refractivity (Wildman–Crippen MR) is 41.3 cm³/mol. The highest BCUT2D eigenvalue weighted by Crippen LogP contribution is 2.32. The average Bonchev–Trinajstić information content (AvgIpc) is 2.47. The van der Waals surface area contributed by atoms with E-state index in [1.165, 1.54) is 0 Å². The van der Waals surface area contributed by atoms with Crippen molar-refractivity contribution in [2.45, 2.75) is 13.0 Å². The molecule has 8 heteroatoms. The number of alkyl halides is 4. The highest BCUT2D eigenvalue weighted by Gasteiger charge is 2.50. The summed E-state index contributed by atoms with van der Waals surface area (Å²) in [7, 11) is 0. The number of carbonyl (C=O) groups is 1. The second-order valence-electron chi connectivity index (χ2n) is 2.81. The lowest BCUT2D eigenvalue weighted by Crippen LogP contribution is -2.49. The van der Waals surface area contributed by atoms with E-state index < -0.39 is 35.8 Å². The van der Waals surface area contributed by atoms with Gasteiger partial charge in [-0.2, -0.15) is 8.78 Å². The monoisotopic (exact) mass is 227 g/mol. The van der Waals surface area contributed by atoms with E-state index in [1.54, 1.807) is 0 Å². The Bertz CT molecular complexity index is 329. The highest BCUT2D eigenvalue weighted by atomic mass is 19.3. The van der Waals surface area contributed by atoms with Gasteiger partial charge in [-0.15, -0.1) is 8.78 Å². The van der Waals surface area contributed by atoms with Crippen LogP contribution < -0.4 is 0 Å². The van der Waals surface area contributed by atoms with Gasteiger partial charge in [0.1, 0.15) is 0 Å². The molecule has 1 aliphatic heterocycles. The summed E-state index contributed by atoms with van der Waals surface area (Å²) in [4.78, 5) is 10.3. The van der Waals surface area contributed by atoms with Crippen molar-refractivity contribution in [3.05, 3.63) is 11.8 Å². The Labute approximate surface area is 81.7 Å². The quantitative estimate of drug-likeness (QED) is 0.446. The van der Waals surface area contributed by atoms with Crippen molar-refractivity contribution in [1.29, 1.82) is 0 Å². The Balaban J connectivity index is 3.06. The summed E-state index contributed by atoms with van der Waals surface area (Å²) in [5.41, 5.74) is -1.01. The molecule has 1 heterocycles. The van der Waals surface area contributed by atoms with Gasteiger partial charge in [-0.05, 0) is 0 Å². The molecule has 0 fully saturated rings. The minimum absolute atomic E-state index is 0.708. The van der Waals surface area contributed by atoms with Crippen LogP contribution in [0.25, 0.3) is 0 Å². The van der Waals surface area contributed by atoms with E-state index in [0.29, 0.717) is 6.08 Å². The van der Waals surface area contributed by atoms with Crippen molar-refractivity contribution < 1.29 is 32.1 Å². The number of carboxylic acids is 1. The van der Waals surface area contributed by atoms with Gasteiger partial charge in [0.15, 0.2) is 0 Å². The molecule has 1 aliphatic rings. The van der Waals surface area contributed by atoms with E-state index in [4.69, 9.17) is 5.11 Å². The first-order valence-corrected chi connectivity index (χ1v) is 3.82. The summed E-state index contributed by atoms with van der Waals surface area (Å²) in [6, 6.07) is 0. The summed E-state index contributed by atoms with van der Waals surface area (Å²) in [6.07, 6.45) is -1.70. The Morgan fingerprint density at radius 1 is 1.47 bits per heavy atom. The van der Waals surface area contributed by atoms with Crippen molar-refractivity contribution >= 4 is 12.2 Å². The lowest BCUT2D eigenvalue weighted by atomic mass is 10.3. The molecule has 15 heavy (non-hydrogen) atoms. The number of allylic oxidation sites excluding steroid dienone is 2.